The molecule has 0 aliphatic carbocycles. The Bertz CT molecular complexity index is 946. The van der Waals surface area contributed by atoms with Gasteiger partial charge in [-0.25, -0.2) is 8.42 Å². The second kappa shape index (κ2) is 7.44. The lowest BCUT2D eigenvalue weighted by Crippen LogP contribution is -2.44. The first-order valence-corrected chi connectivity index (χ1v) is 10.5. The number of nitrogens with one attached hydrogen (secondary N) is 1. The molecule has 3 rings (SSSR count). The van der Waals surface area contributed by atoms with E-state index in [1.807, 2.05) is 32.0 Å². The summed E-state index contributed by atoms with van der Waals surface area (Å²) >= 11 is 0. The average molecular weight is 391 g/mol. The predicted octanol–water partition coefficient (Wildman–Crippen LogP) is 2.95. The van der Waals surface area contributed by atoms with Gasteiger partial charge in [-0.05, 0) is 57.7 Å². The molecule has 2 heterocycles. The highest BCUT2D eigenvalue weighted by Gasteiger charge is 2.36. The van der Waals surface area contributed by atoms with Crippen LogP contribution in [0.25, 0.3) is 0 Å². The molecular formula is C19H25N3O4S. The van der Waals surface area contributed by atoms with Crippen LogP contribution in [0.5, 0.6) is 0 Å². The van der Waals surface area contributed by atoms with Crippen LogP contribution in [0.15, 0.2) is 27.6 Å². The minimum Gasteiger partial charge on any atom is -0.360 e. The van der Waals surface area contributed by atoms with Gasteiger partial charge < -0.3 is 9.84 Å². The van der Waals surface area contributed by atoms with Crippen molar-refractivity contribution in [2.24, 2.45) is 5.92 Å². The Labute approximate surface area is 159 Å². The molecule has 8 heteroatoms. The smallest absolute Gasteiger partial charge is 0.248 e. The molecule has 1 atom stereocenters. The number of amides is 1. The minimum absolute atomic E-state index is 0.109. The third-order valence-corrected chi connectivity index (χ3v) is 7.29. The number of nitrogens with zero attached hydrogens (tertiary/aromatic N) is 2. The van der Waals surface area contributed by atoms with Gasteiger partial charge in [0.1, 0.15) is 10.6 Å². The van der Waals surface area contributed by atoms with E-state index in [1.165, 1.54) is 4.31 Å². The van der Waals surface area contributed by atoms with E-state index in [4.69, 9.17) is 4.52 Å². The number of hydrogen-bond donors (Lipinski definition) is 1. The molecule has 1 aliphatic rings. The van der Waals surface area contributed by atoms with E-state index in [0.717, 1.165) is 16.8 Å². The lowest BCUT2D eigenvalue weighted by molar-refractivity contribution is -0.120. The summed E-state index contributed by atoms with van der Waals surface area (Å²) in [5.41, 5.74) is 3.22. The van der Waals surface area contributed by atoms with Crippen molar-refractivity contribution in [3.63, 3.8) is 0 Å². The maximum Gasteiger partial charge on any atom is 0.248 e. The zero-order valence-electron chi connectivity index (χ0n) is 16.1. The molecule has 27 heavy (non-hydrogen) atoms. The van der Waals surface area contributed by atoms with Crippen LogP contribution in [0, 0.1) is 33.6 Å². The van der Waals surface area contributed by atoms with E-state index in [2.05, 4.69) is 10.5 Å². The predicted molar refractivity (Wildman–Crippen MR) is 102 cm³/mol. The van der Waals surface area contributed by atoms with Gasteiger partial charge in [0.25, 0.3) is 0 Å². The zero-order valence-corrected chi connectivity index (χ0v) is 16.9. The fourth-order valence-corrected chi connectivity index (χ4v) is 5.28. The third kappa shape index (κ3) is 3.77. The van der Waals surface area contributed by atoms with Gasteiger partial charge in [-0.3, -0.25) is 4.79 Å². The fraction of sp³-hybridized carbons (Fsp3) is 0.474. The standard InChI is InChI=1S/C19H25N3O4S/c1-12-7-5-9-17(13(12)2)20-19(23)16-8-6-10-22(11-16)27(24,25)18-14(3)21-26-15(18)4/h5,7,9,16H,6,8,10-11H2,1-4H3,(H,20,23)/t16-/m0/s1. The highest BCUT2D eigenvalue weighted by molar-refractivity contribution is 7.89. The van der Waals surface area contributed by atoms with Crippen molar-refractivity contribution in [2.45, 2.75) is 45.4 Å². The molecule has 7 nitrogen and oxygen atoms in total. The molecule has 0 bridgehead atoms. The summed E-state index contributed by atoms with van der Waals surface area (Å²) in [6, 6.07) is 5.75. The maximum atomic E-state index is 13.0. The number of rotatable bonds is 4. The Hall–Kier alpha value is -2.19. The Morgan fingerprint density at radius 1 is 1.26 bits per heavy atom. The van der Waals surface area contributed by atoms with Crippen LogP contribution in [-0.4, -0.2) is 36.9 Å². The largest absolute Gasteiger partial charge is 0.360 e. The SMILES string of the molecule is Cc1cccc(NC(=O)[C@H]2CCCN(S(=O)(=O)c3c(C)noc3C)C2)c1C. The lowest BCUT2D eigenvalue weighted by Gasteiger charge is -2.31. The molecular weight excluding hydrogens is 366 g/mol. The molecule has 1 aliphatic heterocycles. The van der Waals surface area contributed by atoms with Crippen LogP contribution in [0.4, 0.5) is 5.69 Å². The number of piperidine rings is 1. The molecule has 146 valence electrons. The van der Waals surface area contributed by atoms with E-state index < -0.39 is 15.9 Å². The van der Waals surface area contributed by atoms with Gasteiger partial charge in [0.05, 0.1) is 5.92 Å². The molecule has 0 unspecified atom stereocenters. The number of aryl methyl sites for hydroxylation is 3. The van der Waals surface area contributed by atoms with E-state index >= 15 is 0 Å². The second-order valence-electron chi connectivity index (χ2n) is 7.09. The monoisotopic (exact) mass is 391 g/mol. The van der Waals surface area contributed by atoms with Crippen LogP contribution in [0.2, 0.25) is 0 Å². The van der Waals surface area contributed by atoms with Crippen molar-refractivity contribution < 1.29 is 17.7 Å². The summed E-state index contributed by atoms with van der Waals surface area (Å²) < 4.78 is 32.4. The van der Waals surface area contributed by atoms with Gasteiger partial charge in [0.2, 0.25) is 15.9 Å². The molecule has 1 fully saturated rings. The van der Waals surface area contributed by atoms with Crippen LogP contribution in [0.1, 0.15) is 35.4 Å². The quantitative estimate of drug-likeness (QED) is 0.865. The Morgan fingerprint density at radius 3 is 2.67 bits per heavy atom. The molecule has 1 amide bonds. The second-order valence-corrected chi connectivity index (χ2v) is 8.97. The summed E-state index contributed by atoms with van der Waals surface area (Å²) in [6.07, 6.45) is 1.29. The normalized spacial score (nSPS) is 18.4. The first-order valence-electron chi connectivity index (χ1n) is 9.02. The number of carbonyl (C=O) groups excluding carboxylic acids is 1. The van der Waals surface area contributed by atoms with E-state index in [-0.39, 0.29) is 23.1 Å². The lowest BCUT2D eigenvalue weighted by atomic mass is 9.98. The van der Waals surface area contributed by atoms with Crippen molar-refractivity contribution in [3.05, 3.63) is 40.8 Å². The van der Waals surface area contributed by atoms with Gasteiger partial charge >= 0.3 is 0 Å². The van der Waals surface area contributed by atoms with E-state index in [1.54, 1.807) is 13.8 Å². The summed E-state index contributed by atoms with van der Waals surface area (Å²) in [6.45, 7) is 7.69. The first kappa shape index (κ1) is 19.6. The Morgan fingerprint density at radius 2 is 2.00 bits per heavy atom. The molecule has 1 aromatic heterocycles. The summed E-state index contributed by atoms with van der Waals surface area (Å²) in [5, 5.41) is 6.70. The number of aromatic nitrogens is 1. The summed E-state index contributed by atoms with van der Waals surface area (Å²) in [7, 11) is -3.74. The fourth-order valence-electron chi connectivity index (χ4n) is 3.47. The van der Waals surface area contributed by atoms with Gasteiger partial charge in [-0.15, -0.1) is 0 Å². The molecule has 0 spiro atoms. The van der Waals surface area contributed by atoms with Gasteiger partial charge in [-0.2, -0.15) is 4.31 Å². The highest BCUT2D eigenvalue weighted by atomic mass is 32.2. The van der Waals surface area contributed by atoms with Gasteiger partial charge in [-0.1, -0.05) is 17.3 Å². The molecule has 1 saturated heterocycles. The van der Waals surface area contributed by atoms with Crippen molar-refractivity contribution in [1.82, 2.24) is 9.46 Å². The van der Waals surface area contributed by atoms with Crippen molar-refractivity contribution in [3.8, 4) is 0 Å². The number of hydrogen-bond acceptors (Lipinski definition) is 5. The van der Waals surface area contributed by atoms with Gasteiger partial charge in [0.15, 0.2) is 5.76 Å². The van der Waals surface area contributed by atoms with Crippen LogP contribution in [-0.2, 0) is 14.8 Å². The third-order valence-electron chi connectivity index (χ3n) is 5.18. The van der Waals surface area contributed by atoms with Crippen molar-refractivity contribution in [1.29, 1.82) is 0 Å². The Kier molecular flexibility index (Phi) is 5.39. The molecule has 1 N–H and O–H groups in total. The number of sulfonamides is 1. The van der Waals surface area contributed by atoms with E-state index in [0.29, 0.717) is 25.1 Å². The zero-order chi connectivity index (χ0) is 19.8. The van der Waals surface area contributed by atoms with Crippen LogP contribution in [0.3, 0.4) is 0 Å². The van der Waals surface area contributed by atoms with Crippen LogP contribution >= 0.6 is 0 Å². The minimum atomic E-state index is -3.74. The van der Waals surface area contributed by atoms with E-state index in [9.17, 15) is 13.2 Å². The van der Waals surface area contributed by atoms with Crippen molar-refractivity contribution >= 4 is 21.6 Å². The summed E-state index contributed by atoms with van der Waals surface area (Å²) in [4.78, 5) is 12.9. The number of carbonyl (C=O) groups is 1. The molecule has 1 aromatic carbocycles. The number of benzene rings is 1. The average Bonchev–Trinajstić information content (AvgIpc) is 2.98. The van der Waals surface area contributed by atoms with Crippen molar-refractivity contribution in [2.75, 3.05) is 18.4 Å². The van der Waals surface area contributed by atoms with Crippen LogP contribution < -0.4 is 5.32 Å². The molecule has 2 aromatic rings. The topological polar surface area (TPSA) is 92.5 Å². The number of anilines is 1. The Balaban J connectivity index is 1.78. The highest BCUT2D eigenvalue weighted by Crippen LogP contribution is 2.28. The molecule has 0 radical (unpaired) electrons. The first-order chi connectivity index (χ1) is 12.7. The maximum absolute atomic E-state index is 13.0. The summed E-state index contributed by atoms with van der Waals surface area (Å²) in [5.74, 6) is -0.272. The van der Waals surface area contributed by atoms with Gasteiger partial charge in [0, 0.05) is 18.8 Å². The molecule has 0 saturated carbocycles.